The van der Waals surface area contributed by atoms with Crippen molar-refractivity contribution in [1.29, 1.82) is 0 Å². The van der Waals surface area contributed by atoms with Crippen LogP contribution in [0.15, 0.2) is 78.0 Å². The van der Waals surface area contributed by atoms with Crippen molar-refractivity contribution in [2.24, 2.45) is 0 Å². The molecule has 236 valence electrons. The van der Waals surface area contributed by atoms with Crippen LogP contribution >= 0.6 is 0 Å². The summed E-state index contributed by atoms with van der Waals surface area (Å²) in [5, 5.41) is 5.44. The highest BCUT2D eigenvalue weighted by atomic mass is 28.4. The van der Waals surface area contributed by atoms with Crippen LogP contribution in [0.2, 0.25) is 18.1 Å². The Hall–Kier alpha value is -4.36. The fraction of sp³-hybridized carbons (Fsp3) is 0.344. The molecular formula is C32H36F3N7O2Si. The van der Waals surface area contributed by atoms with E-state index in [0.29, 0.717) is 52.8 Å². The maximum absolute atomic E-state index is 13.2. The predicted molar refractivity (Wildman–Crippen MR) is 171 cm³/mol. The maximum Gasteiger partial charge on any atom is 0.416 e. The molecule has 0 saturated heterocycles. The Labute approximate surface area is 260 Å². The zero-order chi connectivity index (χ0) is 32.6. The van der Waals surface area contributed by atoms with Gasteiger partial charge in [0.15, 0.2) is 14.0 Å². The number of anilines is 1. The van der Waals surface area contributed by atoms with Gasteiger partial charge in [-0.05, 0) is 66.7 Å². The molecule has 0 radical (unpaired) electrons. The second kappa shape index (κ2) is 12.2. The fourth-order valence-corrected chi connectivity index (χ4v) is 5.54. The Morgan fingerprint density at radius 2 is 1.71 bits per heavy atom. The second-order valence-electron chi connectivity index (χ2n) is 12.4. The number of nitrogens with zero attached hydrogens (tertiary/aromatic N) is 7. The number of hydrogen-bond acceptors (Lipinski definition) is 7. The molecule has 4 heterocycles. The Bertz CT molecular complexity index is 1860. The van der Waals surface area contributed by atoms with E-state index in [4.69, 9.17) is 4.43 Å². The van der Waals surface area contributed by atoms with Crippen LogP contribution in [-0.4, -0.2) is 57.8 Å². The van der Waals surface area contributed by atoms with E-state index >= 15 is 0 Å². The molecule has 0 unspecified atom stereocenters. The first kappa shape index (κ1) is 32.0. The highest BCUT2D eigenvalue weighted by Gasteiger charge is 2.37. The first-order valence-electron chi connectivity index (χ1n) is 14.5. The molecule has 5 aromatic rings. The van der Waals surface area contributed by atoms with Crippen LogP contribution in [0.4, 0.5) is 19.1 Å². The van der Waals surface area contributed by atoms with Crippen molar-refractivity contribution in [3.63, 3.8) is 0 Å². The van der Waals surface area contributed by atoms with Gasteiger partial charge >= 0.3 is 6.18 Å². The number of benzene rings is 1. The molecule has 0 aliphatic carbocycles. The molecule has 5 rings (SSSR count). The third-order valence-corrected chi connectivity index (χ3v) is 12.8. The lowest BCUT2D eigenvalue weighted by atomic mass is 10.1. The highest BCUT2D eigenvalue weighted by Crippen LogP contribution is 2.36. The summed E-state index contributed by atoms with van der Waals surface area (Å²) in [4.78, 5) is 28.7. The van der Waals surface area contributed by atoms with Crippen LogP contribution in [0.25, 0.3) is 28.0 Å². The molecule has 0 fully saturated rings. The normalized spacial score (nSPS) is 12.6. The molecule has 45 heavy (non-hydrogen) atoms. The summed E-state index contributed by atoms with van der Waals surface area (Å²) < 4.78 is 48.6. The Morgan fingerprint density at radius 1 is 0.978 bits per heavy atom. The van der Waals surface area contributed by atoms with E-state index in [2.05, 4.69) is 53.9 Å². The van der Waals surface area contributed by atoms with Crippen LogP contribution in [0, 0.1) is 0 Å². The summed E-state index contributed by atoms with van der Waals surface area (Å²) in [7, 11) is 0.0526. The average Bonchev–Trinajstić information content (AvgIpc) is 3.37. The van der Waals surface area contributed by atoms with Gasteiger partial charge in [-0.25, -0.2) is 19.6 Å². The number of pyridine rings is 2. The van der Waals surface area contributed by atoms with Crippen LogP contribution in [0.1, 0.15) is 32.0 Å². The molecule has 0 bridgehead atoms. The van der Waals surface area contributed by atoms with Crippen LogP contribution in [0.5, 0.6) is 0 Å². The molecule has 1 aromatic carbocycles. The SMILES string of the molecule is CN(CCO[Si](C)(C)C(C)(C)C)c1nccc(Cn2ccc(-c3nn(-c4ccc(C(F)(F)F)cc4)c4ncccc34)cc2=O)n1. The van der Waals surface area contributed by atoms with E-state index in [0.717, 1.165) is 12.1 Å². The van der Waals surface area contributed by atoms with E-state index < -0.39 is 20.1 Å². The van der Waals surface area contributed by atoms with Crippen LogP contribution in [-0.2, 0) is 17.1 Å². The zero-order valence-corrected chi connectivity index (χ0v) is 27.1. The lowest BCUT2D eigenvalue weighted by molar-refractivity contribution is -0.137. The van der Waals surface area contributed by atoms with Crippen molar-refractivity contribution in [1.82, 2.24) is 29.3 Å². The average molecular weight is 636 g/mol. The van der Waals surface area contributed by atoms with E-state index in [9.17, 15) is 18.0 Å². The molecular weight excluding hydrogens is 599 g/mol. The summed E-state index contributed by atoms with van der Waals surface area (Å²) in [5.41, 5.74) is 1.60. The van der Waals surface area contributed by atoms with Gasteiger partial charge in [0.05, 0.1) is 30.1 Å². The van der Waals surface area contributed by atoms with E-state index in [1.54, 1.807) is 41.4 Å². The monoisotopic (exact) mass is 635 g/mol. The zero-order valence-electron chi connectivity index (χ0n) is 26.1. The molecule has 4 aromatic heterocycles. The molecule has 9 nitrogen and oxygen atoms in total. The largest absolute Gasteiger partial charge is 0.416 e. The van der Waals surface area contributed by atoms with Crippen molar-refractivity contribution in [3.8, 4) is 16.9 Å². The molecule has 0 amide bonds. The van der Waals surface area contributed by atoms with E-state index in [-0.39, 0.29) is 17.1 Å². The second-order valence-corrected chi connectivity index (χ2v) is 17.2. The molecule has 0 N–H and O–H groups in total. The van der Waals surface area contributed by atoms with Crippen molar-refractivity contribution in [3.05, 3.63) is 94.8 Å². The molecule has 0 spiro atoms. The number of fused-ring (bicyclic) bond motifs is 1. The third-order valence-electron chi connectivity index (χ3n) is 8.22. The van der Waals surface area contributed by atoms with Crippen LogP contribution in [0.3, 0.4) is 0 Å². The first-order valence-corrected chi connectivity index (χ1v) is 17.4. The van der Waals surface area contributed by atoms with E-state index in [1.807, 2.05) is 18.0 Å². The number of aromatic nitrogens is 6. The lowest BCUT2D eigenvalue weighted by Gasteiger charge is -2.36. The highest BCUT2D eigenvalue weighted by molar-refractivity contribution is 6.74. The minimum atomic E-state index is -4.44. The smallest absolute Gasteiger partial charge is 0.415 e. The first-order chi connectivity index (χ1) is 21.1. The standard InChI is InChI=1S/C32H36F3N7O2Si/c1-31(2,3)45(5,6)44-19-18-40(4)30-37-16-13-24(38-30)21-41-17-14-22(20-27(41)43)28-26-8-7-15-36-29(26)42(39-28)25-11-9-23(10-12-25)32(33,34)35/h7-17,20H,18-19,21H2,1-6H3. The van der Waals surface area contributed by atoms with Crippen LogP contribution < -0.4 is 10.5 Å². The molecule has 0 aliphatic rings. The number of hydrogen-bond donors (Lipinski definition) is 0. The van der Waals surface area contributed by atoms with Crippen molar-refractivity contribution >= 4 is 25.3 Å². The summed E-state index contributed by atoms with van der Waals surface area (Å²) in [6, 6.07) is 13.3. The third kappa shape index (κ3) is 6.99. The molecule has 0 aliphatic heterocycles. The number of alkyl halides is 3. The minimum absolute atomic E-state index is 0.126. The molecule has 0 saturated carbocycles. The number of likely N-dealkylation sites (N-methyl/N-ethyl adjacent to an activating group) is 1. The Balaban J connectivity index is 1.35. The Kier molecular flexibility index (Phi) is 8.69. The predicted octanol–water partition coefficient (Wildman–Crippen LogP) is 6.56. The van der Waals surface area contributed by atoms with Gasteiger partial charge in [-0.15, -0.1) is 0 Å². The summed E-state index contributed by atoms with van der Waals surface area (Å²) in [5.74, 6) is 0.545. The lowest BCUT2D eigenvalue weighted by Crippen LogP contribution is -2.42. The van der Waals surface area contributed by atoms with Gasteiger partial charge in [-0.1, -0.05) is 20.8 Å². The van der Waals surface area contributed by atoms with Crippen molar-refractivity contribution in [2.45, 2.75) is 51.6 Å². The van der Waals surface area contributed by atoms with Gasteiger partial charge in [0, 0.05) is 49.2 Å². The summed E-state index contributed by atoms with van der Waals surface area (Å²) in [6.07, 6.45) is 0.493. The molecule has 13 heteroatoms. The maximum atomic E-state index is 13.2. The fourth-order valence-electron chi connectivity index (χ4n) is 4.51. The van der Waals surface area contributed by atoms with E-state index in [1.165, 1.54) is 22.9 Å². The number of rotatable bonds is 9. The van der Waals surface area contributed by atoms with Gasteiger partial charge in [0.2, 0.25) is 5.95 Å². The van der Waals surface area contributed by atoms with Gasteiger partial charge in [0.25, 0.3) is 5.56 Å². The quantitative estimate of drug-likeness (QED) is 0.169. The topological polar surface area (TPSA) is 91.0 Å². The van der Waals surface area contributed by atoms with Crippen molar-refractivity contribution < 1.29 is 17.6 Å². The van der Waals surface area contributed by atoms with Gasteiger partial charge in [-0.2, -0.15) is 18.3 Å². The Morgan fingerprint density at radius 3 is 2.38 bits per heavy atom. The van der Waals surface area contributed by atoms with Gasteiger partial charge in [0.1, 0.15) is 5.69 Å². The van der Waals surface area contributed by atoms with Gasteiger partial charge in [-0.3, -0.25) is 4.79 Å². The summed E-state index contributed by atoms with van der Waals surface area (Å²) >= 11 is 0. The number of halogens is 3. The summed E-state index contributed by atoms with van der Waals surface area (Å²) in [6.45, 7) is 12.5. The van der Waals surface area contributed by atoms with Crippen molar-refractivity contribution in [2.75, 3.05) is 25.1 Å². The minimum Gasteiger partial charge on any atom is -0.415 e. The van der Waals surface area contributed by atoms with Gasteiger partial charge < -0.3 is 13.9 Å². The molecule has 0 atom stereocenters.